The van der Waals surface area contributed by atoms with Crippen LogP contribution in [0.15, 0.2) is 0 Å². The molecule has 19 heteroatoms. The van der Waals surface area contributed by atoms with E-state index < -0.39 is 97.5 Å². The molecule has 0 amide bonds. The lowest BCUT2D eigenvalue weighted by Crippen LogP contribution is -2.30. The molecule has 0 aromatic carbocycles. The van der Waals surface area contributed by atoms with E-state index in [1.807, 2.05) is 0 Å². The van der Waals surface area contributed by atoms with E-state index in [9.17, 15) is 43.2 Å². The predicted octanol–water partition coefficient (Wildman–Crippen LogP) is 22.2. The minimum absolute atomic E-state index is 0.103. The van der Waals surface area contributed by atoms with Crippen LogP contribution in [-0.4, -0.2) is 96.7 Å². The largest absolute Gasteiger partial charge is 0.472 e. The van der Waals surface area contributed by atoms with E-state index in [1.54, 1.807) is 0 Å². The maximum atomic E-state index is 13.1. The van der Waals surface area contributed by atoms with Crippen LogP contribution in [0, 0.1) is 17.8 Å². The summed E-state index contributed by atoms with van der Waals surface area (Å²) in [5.74, 6) is 0.258. The fraction of sp³-hybridized carbons (Fsp3) is 0.947. The molecule has 95 heavy (non-hydrogen) atoms. The third-order valence-electron chi connectivity index (χ3n) is 18.0. The summed E-state index contributed by atoms with van der Waals surface area (Å²) < 4.78 is 68.2. The Morgan fingerprint density at radius 1 is 0.305 bits per heavy atom. The van der Waals surface area contributed by atoms with Gasteiger partial charge >= 0.3 is 39.5 Å². The Morgan fingerprint density at radius 2 is 0.537 bits per heavy atom. The van der Waals surface area contributed by atoms with Crippen molar-refractivity contribution in [1.29, 1.82) is 0 Å². The van der Waals surface area contributed by atoms with Crippen molar-refractivity contribution in [3.63, 3.8) is 0 Å². The Bertz CT molecular complexity index is 1850. The molecule has 0 saturated heterocycles. The zero-order valence-electron chi connectivity index (χ0n) is 62.1. The summed E-state index contributed by atoms with van der Waals surface area (Å²) in [5, 5.41) is 10.6. The molecule has 0 spiro atoms. The first-order chi connectivity index (χ1) is 45.8. The van der Waals surface area contributed by atoms with Gasteiger partial charge in [-0.15, -0.1) is 0 Å². The van der Waals surface area contributed by atoms with Crippen LogP contribution in [0.5, 0.6) is 0 Å². The van der Waals surface area contributed by atoms with Gasteiger partial charge in [0.15, 0.2) is 12.2 Å². The molecule has 3 N–H and O–H groups in total. The maximum Gasteiger partial charge on any atom is 0.472 e. The normalized spacial score (nSPS) is 14.4. The highest BCUT2D eigenvalue weighted by Crippen LogP contribution is 2.45. The zero-order chi connectivity index (χ0) is 70.1. The first kappa shape index (κ1) is 93.1. The quantitative estimate of drug-likeness (QED) is 0.0222. The number of esters is 4. The van der Waals surface area contributed by atoms with Crippen LogP contribution in [0.2, 0.25) is 0 Å². The van der Waals surface area contributed by atoms with Crippen molar-refractivity contribution in [2.75, 3.05) is 39.6 Å². The number of phosphoric ester groups is 2. The molecule has 0 aliphatic rings. The van der Waals surface area contributed by atoms with Crippen molar-refractivity contribution in [3.05, 3.63) is 0 Å². The van der Waals surface area contributed by atoms with E-state index in [0.717, 1.165) is 114 Å². The molecule has 0 aliphatic carbocycles. The molecule has 3 unspecified atom stereocenters. The van der Waals surface area contributed by atoms with Gasteiger partial charge in [-0.2, -0.15) is 0 Å². The molecule has 0 heterocycles. The van der Waals surface area contributed by atoms with Crippen molar-refractivity contribution >= 4 is 39.5 Å². The van der Waals surface area contributed by atoms with Gasteiger partial charge in [0.1, 0.15) is 19.3 Å². The summed E-state index contributed by atoms with van der Waals surface area (Å²) >= 11 is 0. The topological polar surface area (TPSA) is 237 Å². The van der Waals surface area contributed by atoms with Gasteiger partial charge < -0.3 is 33.8 Å². The van der Waals surface area contributed by atoms with Crippen molar-refractivity contribution < 1.29 is 80.2 Å². The van der Waals surface area contributed by atoms with Gasteiger partial charge in [-0.05, 0) is 43.4 Å². The first-order valence-corrected chi connectivity index (χ1v) is 42.4. The minimum atomic E-state index is -4.96. The molecular formula is C76H148O17P2. The second kappa shape index (κ2) is 66.6. The summed E-state index contributed by atoms with van der Waals surface area (Å²) in [6, 6.07) is 0. The van der Waals surface area contributed by atoms with E-state index in [0.29, 0.717) is 25.7 Å². The second-order valence-electron chi connectivity index (χ2n) is 28.6. The van der Waals surface area contributed by atoms with Crippen LogP contribution in [0.25, 0.3) is 0 Å². The van der Waals surface area contributed by atoms with Crippen molar-refractivity contribution in [2.24, 2.45) is 17.8 Å². The molecule has 0 aromatic rings. The lowest BCUT2D eigenvalue weighted by molar-refractivity contribution is -0.161. The molecular weight excluding hydrogens is 1250 g/mol. The lowest BCUT2D eigenvalue weighted by Gasteiger charge is -2.21. The monoisotopic (exact) mass is 1400 g/mol. The lowest BCUT2D eigenvalue weighted by atomic mass is 9.99. The zero-order valence-corrected chi connectivity index (χ0v) is 63.9. The fourth-order valence-electron chi connectivity index (χ4n) is 11.6. The third kappa shape index (κ3) is 69.0. The number of rotatable bonds is 74. The fourth-order valence-corrected chi connectivity index (χ4v) is 13.1. The van der Waals surface area contributed by atoms with E-state index in [4.69, 9.17) is 37.0 Å². The Labute approximate surface area is 581 Å². The molecule has 0 aliphatic heterocycles. The number of hydrogen-bond acceptors (Lipinski definition) is 15. The summed E-state index contributed by atoms with van der Waals surface area (Å²) in [5.41, 5.74) is 0. The van der Waals surface area contributed by atoms with Crippen LogP contribution in [0.3, 0.4) is 0 Å². The molecule has 6 atom stereocenters. The Hall–Kier alpha value is -1.94. The molecule has 564 valence electrons. The van der Waals surface area contributed by atoms with E-state index >= 15 is 0 Å². The van der Waals surface area contributed by atoms with Crippen molar-refractivity contribution in [3.8, 4) is 0 Å². The number of unbranched alkanes of at least 4 members (excludes halogenated alkanes) is 41. The highest BCUT2D eigenvalue weighted by atomic mass is 31.2. The average molecular weight is 1400 g/mol. The van der Waals surface area contributed by atoms with Gasteiger partial charge in [0.2, 0.25) is 0 Å². The maximum absolute atomic E-state index is 13.1. The van der Waals surface area contributed by atoms with Crippen molar-refractivity contribution in [2.45, 2.75) is 407 Å². The van der Waals surface area contributed by atoms with Gasteiger partial charge in [-0.25, -0.2) is 9.13 Å². The van der Waals surface area contributed by atoms with Gasteiger partial charge in [0.25, 0.3) is 0 Å². The summed E-state index contributed by atoms with van der Waals surface area (Å²) in [6.07, 6.45) is 53.3. The van der Waals surface area contributed by atoms with Gasteiger partial charge in [0, 0.05) is 25.7 Å². The Kier molecular flexibility index (Phi) is 65.2. The standard InChI is InChI=1S/C76H148O17P2/c1-8-10-11-40-50-57-73(78)86-63-71(92-76(81)60-53-46-39-33-32-35-42-48-55-68(5)6)65-90-94(82,83)88-61-70(77)62-89-95(84,85)91-66-72(64-87-74(79)58-51-44-37-30-26-22-19-18-21-25-29-36-43-49-56-69(7)9-2)93-75(80)59-52-45-38-31-27-23-17-15-13-12-14-16-20-24-28-34-41-47-54-67(3)4/h67-72,77H,8-66H2,1-7H3,(H,82,83)(H,84,85)/t69?,70-,71+,72+/m0/s1. The van der Waals surface area contributed by atoms with Crippen LogP contribution >= 0.6 is 15.6 Å². The molecule has 17 nitrogen and oxygen atoms in total. The average Bonchev–Trinajstić information content (AvgIpc) is 1.33. The van der Waals surface area contributed by atoms with Crippen LogP contribution in [0.1, 0.15) is 389 Å². The van der Waals surface area contributed by atoms with Crippen molar-refractivity contribution in [1.82, 2.24) is 0 Å². The molecule has 0 rings (SSSR count). The van der Waals surface area contributed by atoms with Gasteiger partial charge in [0.05, 0.1) is 26.4 Å². The summed E-state index contributed by atoms with van der Waals surface area (Å²) in [4.78, 5) is 72.5. The summed E-state index contributed by atoms with van der Waals surface area (Å²) in [6.45, 7) is 11.9. The highest BCUT2D eigenvalue weighted by molar-refractivity contribution is 7.47. The highest BCUT2D eigenvalue weighted by Gasteiger charge is 2.30. The molecule has 0 fully saturated rings. The molecule has 0 saturated carbocycles. The number of carbonyl (C=O) groups is 4. The van der Waals surface area contributed by atoms with E-state index in [2.05, 4.69) is 48.5 Å². The third-order valence-corrected chi connectivity index (χ3v) is 19.9. The van der Waals surface area contributed by atoms with E-state index in [1.165, 1.54) is 193 Å². The molecule has 0 radical (unpaired) electrons. The van der Waals surface area contributed by atoms with E-state index in [-0.39, 0.29) is 25.7 Å². The number of hydrogen-bond donors (Lipinski definition) is 3. The molecule has 0 bridgehead atoms. The predicted molar refractivity (Wildman–Crippen MR) is 386 cm³/mol. The van der Waals surface area contributed by atoms with Crippen LogP contribution < -0.4 is 0 Å². The molecule has 0 aromatic heterocycles. The number of phosphoric acid groups is 2. The van der Waals surface area contributed by atoms with Crippen LogP contribution in [0.4, 0.5) is 0 Å². The Balaban J connectivity index is 5.12. The summed E-state index contributed by atoms with van der Waals surface area (Å²) in [7, 11) is -9.90. The number of ether oxygens (including phenoxy) is 4. The van der Waals surface area contributed by atoms with Gasteiger partial charge in [-0.1, -0.05) is 337 Å². The number of carbonyl (C=O) groups excluding carboxylic acids is 4. The first-order valence-electron chi connectivity index (χ1n) is 39.4. The second-order valence-corrected chi connectivity index (χ2v) is 31.5. The van der Waals surface area contributed by atoms with Gasteiger partial charge in [-0.3, -0.25) is 37.3 Å². The number of aliphatic hydroxyl groups is 1. The minimum Gasteiger partial charge on any atom is -0.462 e. The SMILES string of the molecule is CCCCCCCC(=O)OC[C@H](COP(=O)(O)OC[C@H](O)COP(=O)(O)OC[C@@H](COC(=O)CCCCCCCCCCCCCCCCC(C)CC)OC(=O)CCCCCCCCCCCCCCCCCCCCC(C)C)OC(=O)CCCCCCCCCCC(C)C. The van der Waals surface area contributed by atoms with Crippen LogP contribution in [-0.2, 0) is 65.4 Å². The number of aliphatic hydroxyl groups excluding tert-OH is 1. The Morgan fingerprint density at radius 3 is 0.800 bits per heavy atom. The smallest absolute Gasteiger partial charge is 0.462 e.